The minimum absolute atomic E-state index is 0.140. The molecular formula is C13H13ClN3O+. The summed E-state index contributed by atoms with van der Waals surface area (Å²) in [7, 11) is 2.00. The number of amides is 1. The molecule has 5 heteroatoms. The number of likely N-dealkylation sites (N-methyl/N-ethyl adjacent to an activating group) is 1. The predicted octanol–water partition coefficient (Wildman–Crippen LogP) is 2.55. The zero-order valence-electron chi connectivity index (χ0n) is 9.98. The average Bonchev–Trinajstić information content (AvgIpc) is 2.54. The van der Waals surface area contributed by atoms with Crippen LogP contribution < -0.4 is 9.80 Å². The standard InChI is InChI=1S/C13H12ClN3O/c1-17-7-3-2-6-15-12(17)13(18)16-10-5-4-9(14)8-11(10)17/h2,4-6,8H,3,7H2,1H3/p+1. The summed E-state index contributed by atoms with van der Waals surface area (Å²) in [6.07, 6.45) is 4.56. The lowest BCUT2D eigenvalue weighted by atomic mass is 10.1. The first-order valence-corrected chi connectivity index (χ1v) is 6.19. The van der Waals surface area contributed by atoms with Gasteiger partial charge < -0.3 is 5.32 Å². The molecule has 1 N–H and O–H groups in total. The van der Waals surface area contributed by atoms with Crippen molar-refractivity contribution in [2.75, 3.05) is 18.9 Å². The minimum Gasteiger partial charge on any atom is -0.311 e. The van der Waals surface area contributed by atoms with Gasteiger partial charge in [0.2, 0.25) is 0 Å². The highest BCUT2D eigenvalue weighted by Gasteiger charge is 2.43. The fourth-order valence-corrected chi connectivity index (χ4v) is 2.64. The van der Waals surface area contributed by atoms with Crippen molar-refractivity contribution in [3.63, 3.8) is 0 Å². The number of hydrogen-bond acceptors (Lipinski definition) is 2. The van der Waals surface area contributed by atoms with Gasteiger partial charge in [-0.2, -0.15) is 4.99 Å². The van der Waals surface area contributed by atoms with Crippen LogP contribution in [0.15, 0.2) is 35.5 Å². The SMILES string of the molecule is C[N+]12CCC=CN=C1C(=O)Nc1ccc(Cl)cc12. The van der Waals surface area contributed by atoms with Crippen LogP contribution in [0.1, 0.15) is 6.42 Å². The fourth-order valence-electron chi connectivity index (χ4n) is 2.48. The number of benzene rings is 1. The molecule has 4 nitrogen and oxygen atoms in total. The highest BCUT2D eigenvalue weighted by Crippen LogP contribution is 2.37. The molecule has 1 aromatic carbocycles. The van der Waals surface area contributed by atoms with Crippen molar-refractivity contribution in [1.29, 1.82) is 0 Å². The first-order chi connectivity index (χ1) is 8.61. The topological polar surface area (TPSA) is 41.5 Å². The largest absolute Gasteiger partial charge is 0.331 e. The summed E-state index contributed by atoms with van der Waals surface area (Å²) in [5.41, 5.74) is 1.80. The Bertz CT molecular complexity index is 594. The molecule has 18 heavy (non-hydrogen) atoms. The number of aliphatic imine (C=N–C) groups is 1. The molecule has 1 amide bonds. The van der Waals surface area contributed by atoms with Crippen molar-refractivity contribution in [2.24, 2.45) is 4.99 Å². The normalized spacial score (nSPS) is 25.7. The fraction of sp³-hybridized carbons (Fsp3) is 0.231. The summed E-state index contributed by atoms with van der Waals surface area (Å²) in [6.45, 7) is 0.802. The van der Waals surface area contributed by atoms with Crippen molar-refractivity contribution in [1.82, 2.24) is 4.48 Å². The Hall–Kier alpha value is -1.65. The quantitative estimate of drug-likeness (QED) is 0.718. The van der Waals surface area contributed by atoms with Crippen molar-refractivity contribution in [3.8, 4) is 0 Å². The van der Waals surface area contributed by atoms with Crippen LogP contribution >= 0.6 is 11.6 Å². The van der Waals surface area contributed by atoms with E-state index in [0.717, 1.165) is 24.3 Å². The van der Waals surface area contributed by atoms with Crippen molar-refractivity contribution >= 4 is 34.7 Å². The van der Waals surface area contributed by atoms with Crippen LogP contribution in [0.5, 0.6) is 0 Å². The van der Waals surface area contributed by atoms with Crippen molar-refractivity contribution in [2.45, 2.75) is 6.42 Å². The van der Waals surface area contributed by atoms with Gasteiger partial charge in [-0.3, -0.25) is 4.79 Å². The number of anilines is 1. The minimum atomic E-state index is -0.140. The Balaban J connectivity index is 2.24. The van der Waals surface area contributed by atoms with E-state index in [4.69, 9.17) is 11.6 Å². The predicted molar refractivity (Wildman–Crippen MR) is 73.9 cm³/mol. The van der Waals surface area contributed by atoms with Crippen molar-refractivity contribution in [3.05, 3.63) is 35.5 Å². The lowest BCUT2D eigenvalue weighted by Gasteiger charge is -2.36. The lowest BCUT2D eigenvalue weighted by molar-refractivity contribution is -0.111. The molecule has 0 aromatic heterocycles. The van der Waals surface area contributed by atoms with Crippen LogP contribution in [-0.2, 0) is 4.79 Å². The molecule has 2 heterocycles. The van der Waals surface area contributed by atoms with Crippen LogP contribution in [-0.4, -0.2) is 25.3 Å². The van der Waals surface area contributed by atoms with Gasteiger partial charge in [-0.15, -0.1) is 0 Å². The van der Waals surface area contributed by atoms with Gasteiger partial charge in [0, 0.05) is 23.7 Å². The Morgan fingerprint density at radius 3 is 3.11 bits per heavy atom. The highest BCUT2D eigenvalue weighted by atomic mass is 35.5. The lowest BCUT2D eigenvalue weighted by Crippen LogP contribution is -2.58. The van der Waals surface area contributed by atoms with E-state index in [9.17, 15) is 4.79 Å². The Morgan fingerprint density at radius 1 is 1.44 bits per heavy atom. The second kappa shape index (κ2) is 3.93. The molecule has 0 aliphatic carbocycles. The smallest absolute Gasteiger partial charge is 0.311 e. The van der Waals surface area contributed by atoms with Gasteiger partial charge in [0.05, 0.1) is 13.6 Å². The number of quaternary nitrogens is 1. The highest BCUT2D eigenvalue weighted by molar-refractivity contribution is 6.47. The maximum atomic E-state index is 12.1. The van der Waals surface area contributed by atoms with E-state index < -0.39 is 0 Å². The molecule has 0 saturated carbocycles. The van der Waals surface area contributed by atoms with E-state index in [2.05, 4.69) is 10.3 Å². The van der Waals surface area contributed by atoms with Gasteiger partial charge in [-0.25, -0.2) is 4.48 Å². The zero-order chi connectivity index (χ0) is 12.8. The maximum Gasteiger partial charge on any atom is 0.331 e. The van der Waals surface area contributed by atoms with E-state index >= 15 is 0 Å². The number of carbonyl (C=O) groups excluding carboxylic acids is 1. The third kappa shape index (κ3) is 1.57. The molecule has 3 rings (SSSR count). The Labute approximate surface area is 110 Å². The molecule has 2 aliphatic rings. The van der Waals surface area contributed by atoms with E-state index in [-0.39, 0.29) is 5.91 Å². The molecule has 1 atom stereocenters. The van der Waals surface area contributed by atoms with Crippen molar-refractivity contribution < 1.29 is 4.79 Å². The first-order valence-electron chi connectivity index (χ1n) is 5.82. The second-order valence-electron chi connectivity index (χ2n) is 4.66. The molecule has 0 spiro atoms. The van der Waals surface area contributed by atoms with Crippen LogP contribution in [0, 0.1) is 0 Å². The number of nitrogens with zero attached hydrogens (tertiary/aromatic N) is 2. The third-order valence-corrected chi connectivity index (χ3v) is 3.69. The monoisotopic (exact) mass is 262 g/mol. The third-order valence-electron chi connectivity index (χ3n) is 3.46. The molecule has 1 unspecified atom stereocenters. The molecule has 0 saturated heterocycles. The van der Waals surface area contributed by atoms with Gasteiger partial charge in [-0.05, 0) is 12.1 Å². The summed E-state index contributed by atoms with van der Waals surface area (Å²) >= 11 is 6.07. The average molecular weight is 263 g/mol. The Morgan fingerprint density at radius 2 is 2.28 bits per heavy atom. The summed E-state index contributed by atoms with van der Waals surface area (Å²) < 4.78 is 0.398. The van der Waals surface area contributed by atoms with Crippen LogP contribution in [0.4, 0.5) is 11.4 Å². The summed E-state index contributed by atoms with van der Waals surface area (Å²) in [5.74, 6) is 0.373. The van der Waals surface area contributed by atoms with E-state index in [0.29, 0.717) is 15.3 Å². The van der Waals surface area contributed by atoms with E-state index in [1.807, 2.05) is 25.3 Å². The number of fused-ring (bicyclic) bond motifs is 3. The summed E-state index contributed by atoms with van der Waals surface area (Å²) in [6, 6.07) is 5.52. The second-order valence-corrected chi connectivity index (χ2v) is 5.09. The molecule has 92 valence electrons. The number of rotatable bonds is 0. The summed E-state index contributed by atoms with van der Waals surface area (Å²) in [4.78, 5) is 16.4. The van der Waals surface area contributed by atoms with E-state index in [1.165, 1.54) is 0 Å². The maximum absolute atomic E-state index is 12.1. The van der Waals surface area contributed by atoms with Gasteiger partial charge in [0.25, 0.3) is 5.84 Å². The Kier molecular flexibility index (Phi) is 2.50. The molecule has 0 bridgehead atoms. The number of hydrogen-bond donors (Lipinski definition) is 1. The molecule has 2 aliphatic heterocycles. The molecule has 1 aromatic rings. The number of halogens is 1. The summed E-state index contributed by atoms with van der Waals surface area (Å²) in [5, 5.41) is 3.53. The van der Waals surface area contributed by atoms with Gasteiger partial charge in [-0.1, -0.05) is 17.7 Å². The van der Waals surface area contributed by atoms with E-state index in [1.54, 1.807) is 12.3 Å². The van der Waals surface area contributed by atoms with Crippen LogP contribution in [0.3, 0.4) is 0 Å². The number of carbonyl (C=O) groups is 1. The van der Waals surface area contributed by atoms with Crippen LogP contribution in [0.25, 0.3) is 0 Å². The first kappa shape index (κ1) is 11.4. The molecule has 0 fully saturated rings. The number of nitrogens with one attached hydrogen (secondary N) is 1. The van der Waals surface area contributed by atoms with Crippen LogP contribution in [0.2, 0.25) is 5.02 Å². The molecule has 0 radical (unpaired) electrons. The van der Waals surface area contributed by atoms with Gasteiger partial charge in [0.15, 0.2) is 5.69 Å². The van der Waals surface area contributed by atoms with Gasteiger partial charge in [0.1, 0.15) is 5.69 Å². The van der Waals surface area contributed by atoms with Gasteiger partial charge >= 0.3 is 5.91 Å². The zero-order valence-corrected chi connectivity index (χ0v) is 10.7. The number of amidine groups is 1. The molecular weight excluding hydrogens is 250 g/mol.